The van der Waals surface area contributed by atoms with Crippen molar-refractivity contribution in [1.82, 2.24) is 5.32 Å². The van der Waals surface area contributed by atoms with E-state index in [0.29, 0.717) is 56.3 Å². The monoisotopic (exact) mass is 611 g/mol. The second-order valence-corrected chi connectivity index (χ2v) is 10.5. The van der Waals surface area contributed by atoms with Crippen LogP contribution in [0.5, 0.6) is 11.5 Å². The minimum Gasteiger partial charge on any atom is -0.494 e. The van der Waals surface area contributed by atoms with Gasteiger partial charge in [0, 0.05) is 17.0 Å². The Bertz CT molecular complexity index is 1100. The highest BCUT2D eigenvalue weighted by Crippen LogP contribution is 2.39. The van der Waals surface area contributed by atoms with Gasteiger partial charge in [-0.3, -0.25) is 0 Å². The number of alkyl carbamates (subject to hydrolysis) is 1. The van der Waals surface area contributed by atoms with Gasteiger partial charge in [-0.15, -0.1) is 0 Å². The number of esters is 1. The molecular formula is C30H42ClNO8S. The van der Waals surface area contributed by atoms with Crippen LogP contribution < -0.4 is 14.8 Å². The first-order chi connectivity index (χ1) is 19.8. The number of hydrogen-bond donors (Lipinski definition) is 1. The molecule has 0 saturated heterocycles. The van der Waals surface area contributed by atoms with E-state index in [1.54, 1.807) is 21.0 Å². The average Bonchev–Trinajstić information content (AvgIpc) is 2.94. The zero-order valence-corrected chi connectivity index (χ0v) is 26.2. The Hall–Kier alpha value is -2.66. The molecule has 0 unspecified atom stereocenters. The minimum absolute atomic E-state index is 0.0877. The van der Waals surface area contributed by atoms with Crippen molar-refractivity contribution in [2.75, 3.05) is 46.9 Å². The molecule has 0 radical (unpaired) electrons. The van der Waals surface area contributed by atoms with E-state index in [9.17, 15) is 9.59 Å². The second-order valence-electron chi connectivity index (χ2n) is 8.96. The molecule has 1 amide bonds. The van der Waals surface area contributed by atoms with E-state index in [0.717, 1.165) is 21.1 Å². The molecule has 0 heterocycles. The number of ether oxygens (including phenoxy) is 6. The van der Waals surface area contributed by atoms with Crippen molar-refractivity contribution in [1.29, 1.82) is 0 Å². The second kappa shape index (κ2) is 18.7. The molecule has 0 aliphatic carbocycles. The molecule has 2 aromatic rings. The third kappa shape index (κ3) is 11.3. The molecule has 0 spiro atoms. The molecule has 1 N–H and O–H groups in total. The molecule has 1 atom stereocenters. The van der Waals surface area contributed by atoms with Gasteiger partial charge in [0.05, 0.1) is 37.9 Å². The van der Waals surface area contributed by atoms with Gasteiger partial charge in [0.1, 0.15) is 17.0 Å². The Morgan fingerprint density at radius 3 is 2.37 bits per heavy atom. The molecule has 0 aliphatic heterocycles. The molecule has 9 nitrogen and oxygen atoms in total. The van der Waals surface area contributed by atoms with Gasteiger partial charge in [0.25, 0.3) is 0 Å². The van der Waals surface area contributed by atoms with E-state index in [1.807, 2.05) is 50.2 Å². The van der Waals surface area contributed by atoms with Crippen LogP contribution in [0.1, 0.15) is 52.5 Å². The molecule has 0 bridgehead atoms. The third-order valence-electron chi connectivity index (χ3n) is 5.99. The molecule has 41 heavy (non-hydrogen) atoms. The van der Waals surface area contributed by atoms with Crippen LogP contribution in [-0.4, -0.2) is 64.5 Å². The van der Waals surface area contributed by atoms with Crippen LogP contribution in [0.25, 0.3) is 0 Å². The smallest absolute Gasteiger partial charge is 0.408 e. The van der Waals surface area contributed by atoms with Gasteiger partial charge in [-0.05, 0) is 75.9 Å². The quantitative estimate of drug-likeness (QED) is 0.106. The molecule has 228 valence electrons. The number of rotatable bonds is 19. The number of carbonyl (C=O) groups is 2. The first-order valence-electron chi connectivity index (χ1n) is 13.9. The maximum atomic E-state index is 13.0. The van der Waals surface area contributed by atoms with E-state index in [4.69, 9.17) is 40.0 Å². The minimum atomic E-state index is -1.22. The summed E-state index contributed by atoms with van der Waals surface area (Å²) < 4.78 is 32.4. The molecule has 11 heteroatoms. The Morgan fingerprint density at radius 2 is 1.71 bits per heavy atom. The Morgan fingerprint density at radius 1 is 0.927 bits per heavy atom. The number of aryl methyl sites for hydroxylation is 1. The Kier molecular flexibility index (Phi) is 15.8. The normalized spacial score (nSPS) is 12.3. The van der Waals surface area contributed by atoms with Crippen LogP contribution >= 0.6 is 23.4 Å². The van der Waals surface area contributed by atoms with Gasteiger partial charge in [-0.1, -0.05) is 42.8 Å². The van der Waals surface area contributed by atoms with Crippen molar-refractivity contribution >= 4 is 35.4 Å². The van der Waals surface area contributed by atoms with Crippen molar-refractivity contribution in [3.8, 4) is 11.5 Å². The molecular weight excluding hydrogens is 570 g/mol. The van der Waals surface area contributed by atoms with Gasteiger partial charge in [-0.25, -0.2) is 9.59 Å². The highest BCUT2D eigenvalue weighted by molar-refractivity contribution is 7.99. The van der Waals surface area contributed by atoms with Crippen LogP contribution in [-0.2, 0) is 30.2 Å². The van der Waals surface area contributed by atoms with E-state index in [-0.39, 0.29) is 20.0 Å². The fraction of sp³-hybridized carbons (Fsp3) is 0.533. The predicted octanol–water partition coefficient (Wildman–Crippen LogP) is 6.67. The van der Waals surface area contributed by atoms with Gasteiger partial charge in [-0.2, -0.15) is 0 Å². The Balaban J connectivity index is 2.22. The molecule has 2 aromatic carbocycles. The fourth-order valence-corrected chi connectivity index (χ4v) is 5.39. The molecule has 0 aromatic heterocycles. The summed E-state index contributed by atoms with van der Waals surface area (Å²) in [6.07, 6.45) is 1.18. The van der Waals surface area contributed by atoms with E-state index < -0.39 is 17.6 Å². The summed E-state index contributed by atoms with van der Waals surface area (Å²) in [6.45, 7) is 9.27. The van der Waals surface area contributed by atoms with Gasteiger partial charge >= 0.3 is 12.1 Å². The summed E-state index contributed by atoms with van der Waals surface area (Å²) in [6, 6.07) is 11.4. The summed E-state index contributed by atoms with van der Waals surface area (Å²) in [5.41, 5.74) is -0.372. The van der Waals surface area contributed by atoms with Gasteiger partial charge in [0.15, 0.2) is 6.79 Å². The Labute approximate surface area is 252 Å². The number of nitrogens with one attached hydrogen (secondary N) is 1. The number of hydrogen-bond acceptors (Lipinski definition) is 9. The van der Waals surface area contributed by atoms with Crippen LogP contribution in [0.15, 0.2) is 46.2 Å². The van der Waals surface area contributed by atoms with E-state index in [1.165, 1.54) is 11.8 Å². The molecule has 0 aliphatic rings. The maximum Gasteiger partial charge on any atom is 0.408 e. The number of halogens is 1. The number of amides is 1. The first-order valence-corrected chi connectivity index (χ1v) is 15.1. The van der Waals surface area contributed by atoms with Crippen molar-refractivity contribution in [2.24, 2.45) is 0 Å². The predicted molar refractivity (Wildman–Crippen MR) is 159 cm³/mol. The number of benzene rings is 2. The van der Waals surface area contributed by atoms with E-state index in [2.05, 4.69) is 5.32 Å². The summed E-state index contributed by atoms with van der Waals surface area (Å²) in [7, 11) is 1.62. The van der Waals surface area contributed by atoms with Crippen LogP contribution in [0.4, 0.5) is 4.79 Å². The van der Waals surface area contributed by atoms with Crippen molar-refractivity contribution in [3.63, 3.8) is 0 Å². The average molecular weight is 612 g/mol. The zero-order chi connectivity index (χ0) is 30.1. The summed E-state index contributed by atoms with van der Waals surface area (Å²) in [4.78, 5) is 27.1. The van der Waals surface area contributed by atoms with Gasteiger partial charge < -0.3 is 33.7 Å². The topological polar surface area (TPSA) is 102 Å². The molecule has 2 rings (SSSR count). The standard InChI is InChI=1S/C30H42ClNO8S/c1-6-15-30(28(33)38-8-3,32-29(34)39-9-4)16-14-22-10-12-24(20-25(22)31)41-27-19-23(37-7-2)11-13-26(27)40-21-36-18-17-35-5/h10-13,19-20H,6-9,14-18,21H2,1-5H3,(H,32,34)/t30-/m0/s1. The van der Waals surface area contributed by atoms with Crippen molar-refractivity contribution in [3.05, 3.63) is 47.0 Å². The summed E-state index contributed by atoms with van der Waals surface area (Å²) in [5.74, 6) is 0.900. The largest absolute Gasteiger partial charge is 0.494 e. The van der Waals surface area contributed by atoms with Crippen LogP contribution in [0, 0.1) is 0 Å². The van der Waals surface area contributed by atoms with Crippen molar-refractivity contribution < 1.29 is 38.0 Å². The first kappa shape index (κ1) is 34.5. The highest BCUT2D eigenvalue weighted by Gasteiger charge is 2.41. The molecule has 0 fully saturated rings. The highest BCUT2D eigenvalue weighted by atomic mass is 35.5. The maximum absolute atomic E-state index is 13.0. The van der Waals surface area contributed by atoms with Crippen LogP contribution in [0.2, 0.25) is 5.02 Å². The lowest BCUT2D eigenvalue weighted by Crippen LogP contribution is -2.55. The van der Waals surface area contributed by atoms with Crippen molar-refractivity contribution in [2.45, 2.75) is 68.7 Å². The lowest BCUT2D eigenvalue weighted by atomic mass is 9.87. The number of methoxy groups -OCH3 is 1. The lowest BCUT2D eigenvalue weighted by molar-refractivity contribution is -0.151. The van der Waals surface area contributed by atoms with E-state index >= 15 is 0 Å². The lowest BCUT2D eigenvalue weighted by Gasteiger charge is -2.32. The van der Waals surface area contributed by atoms with Gasteiger partial charge in [0.2, 0.25) is 0 Å². The fourth-order valence-electron chi connectivity index (χ4n) is 4.08. The third-order valence-corrected chi connectivity index (χ3v) is 7.37. The van der Waals surface area contributed by atoms with Crippen LogP contribution in [0.3, 0.4) is 0 Å². The summed E-state index contributed by atoms with van der Waals surface area (Å²) in [5, 5.41) is 3.32. The SMILES string of the molecule is CCC[C@@](CCc1ccc(Sc2cc(OCC)ccc2OCOCCOC)cc1Cl)(NC(=O)OCC)C(=O)OCC. The summed E-state index contributed by atoms with van der Waals surface area (Å²) >= 11 is 8.21. The number of carbonyl (C=O) groups excluding carboxylic acids is 2. The molecule has 0 saturated carbocycles. The zero-order valence-electron chi connectivity index (χ0n) is 24.6.